The number of nitrogens with two attached hydrogens (primary N) is 1. The van der Waals surface area contributed by atoms with Gasteiger partial charge in [-0.2, -0.15) is 5.43 Å². The number of hydrogen-bond acceptors (Lipinski definition) is 2. The first-order chi connectivity index (χ1) is 6.90. The summed E-state index contributed by atoms with van der Waals surface area (Å²) >= 11 is 0. The lowest BCUT2D eigenvalue weighted by atomic mass is 10.1. The molecule has 1 aromatic rings. The lowest BCUT2D eigenvalue weighted by molar-refractivity contribution is -0.609. The van der Waals surface area contributed by atoms with Gasteiger partial charge in [0.1, 0.15) is 11.4 Å². The maximum absolute atomic E-state index is 4.37. The van der Waals surface area contributed by atoms with Crippen molar-refractivity contribution in [3.05, 3.63) is 47.7 Å². The number of rotatable bonds is 3. The molecule has 3 N–H and O–H groups in total. The molecule has 0 unspecified atom stereocenters. The van der Waals surface area contributed by atoms with Gasteiger partial charge in [0.15, 0.2) is 0 Å². The number of allylic oxidation sites excluding steroid dienone is 1. The van der Waals surface area contributed by atoms with E-state index in [4.69, 9.17) is 0 Å². The van der Waals surface area contributed by atoms with Crippen LogP contribution in [0.1, 0.15) is 5.56 Å². The number of likely N-dealkylation sites (N-methyl/N-ethyl adjacent to an activating group) is 1. The van der Waals surface area contributed by atoms with Crippen molar-refractivity contribution in [3.8, 4) is 0 Å². The van der Waals surface area contributed by atoms with E-state index in [9.17, 15) is 0 Å². The van der Waals surface area contributed by atoms with Crippen molar-refractivity contribution in [1.29, 1.82) is 0 Å². The van der Waals surface area contributed by atoms with E-state index in [1.54, 1.807) is 0 Å². The maximum Gasteiger partial charge on any atom is 0.148 e. The van der Waals surface area contributed by atoms with Crippen LogP contribution in [0.4, 0.5) is 0 Å². The van der Waals surface area contributed by atoms with Gasteiger partial charge in [0, 0.05) is 11.6 Å². The first-order valence-electron chi connectivity index (χ1n) is 4.72. The smallest absolute Gasteiger partial charge is 0.148 e. The van der Waals surface area contributed by atoms with Crippen LogP contribution >= 0.6 is 0 Å². The molecule has 2 rings (SSSR count). The summed E-state index contributed by atoms with van der Waals surface area (Å²) in [5, 5.41) is 7.47. The van der Waals surface area contributed by atoms with Crippen molar-refractivity contribution >= 4 is 5.71 Å². The molecule has 1 aliphatic heterocycles. The second kappa shape index (κ2) is 4.17. The van der Waals surface area contributed by atoms with Crippen LogP contribution in [0.2, 0.25) is 0 Å². The molecule has 1 aromatic carbocycles. The van der Waals surface area contributed by atoms with Crippen molar-refractivity contribution in [3.63, 3.8) is 0 Å². The second-order valence-electron chi connectivity index (χ2n) is 3.26. The van der Waals surface area contributed by atoms with Gasteiger partial charge in [0.2, 0.25) is 0 Å². The normalized spacial score (nSPS) is 15.2. The van der Waals surface area contributed by atoms with E-state index in [0.717, 1.165) is 12.3 Å². The molecular weight excluding hydrogens is 174 g/mol. The van der Waals surface area contributed by atoms with Crippen LogP contribution in [-0.2, 0) is 0 Å². The van der Waals surface area contributed by atoms with Crippen LogP contribution in [0.15, 0.2) is 47.2 Å². The van der Waals surface area contributed by atoms with Crippen molar-refractivity contribution in [2.75, 3.05) is 13.6 Å². The molecule has 3 nitrogen and oxygen atoms in total. The molecule has 0 fully saturated rings. The fourth-order valence-corrected chi connectivity index (χ4v) is 1.47. The van der Waals surface area contributed by atoms with Crippen LogP contribution in [-0.4, -0.2) is 19.3 Å². The summed E-state index contributed by atoms with van der Waals surface area (Å²) in [5.41, 5.74) is 5.37. The molecule has 0 bridgehead atoms. The maximum atomic E-state index is 4.37. The van der Waals surface area contributed by atoms with Gasteiger partial charge in [-0.25, -0.2) is 0 Å². The van der Waals surface area contributed by atoms with Gasteiger partial charge in [0.05, 0.1) is 6.54 Å². The van der Waals surface area contributed by atoms with E-state index < -0.39 is 0 Å². The highest BCUT2D eigenvalue weighted by Crippen LogP contribution is 2.04. The predicted octanol–water partition coefficient (Wildman–Crippen LogP) is 0.0710. The number of nitrogens with zero attached hydrogens (tertiary/aromatic N) is 1. The Kier molecular flexibility index (Phi) is 2.72. The van der Waals surface area contributed by atoms with E-state index in [0.29, 0.717) is 0 Å². The third kappa shape index (κ3) is 1.89. The van der Waals surface area contributed by atoms with E-state index in [2.05, 4.69) is 28.6 Å². The summed E-state index contributed by atoms with van der Waals surface area (Å²) in [6.45, 7) is 0.875. The van der Waals surface area contributed by atoms with Gasteiger partial charge < -0.3 is 5.32 Å². The summed E-state index contributed by atoms with van der Waals surface area (Å²) in [6.07, 6.45) is 2.12. The molecule has 0 aliphatic carbocycles. The molecular formula is C11H14N3+. The fraction of sp³-hybridized carbons (Fsp3) is 0.182. The topological polar surface area (TPSA) is 41.0 Å². The molecule has 0 radical (unpaired) electrons. The van der Waals surface area contributed by atoms with Gasteiger partial charge >= 0.3 is 0 Å². The first kappa shape index (κ1) is 9.12. The Hall–Kier alpha value is -1.45. The highest BCUT2D eigenvalue weighted by molar-refractivity contribution is 6.09. The Morgan fingerprint density at radius 2 is 2.07 bits per heavy atom. The third-order valence-corrected chi connectivity index (χ3v) is 2.14. The summed E-state index contributed by atoms with van der Waals surface area (Å²) in [7, 11) is 1.94. The number of nitrogens with one attached hydrogen (secondary N) is 1. The quantitative estimate of drug-likeness (QED) is 0.648. The highest BCUT2D eigenvalue weighted by atomic mass is 15.3. The summed E-state index contributed by atoms with van der Waals surface area (Å²) in [4.78, 5) is 0. The van der Waals surface area contributed by atoms with Gasteiger partial charge in [-0.1, -0.05) is 35.4 Å². The zero-order valence-corrected chi connectivity index (χ0v) is 8.20. The molecule has 1 aliphatic rings. The van der Waals surface area contributed by atoms with Crippen molar-refractivity contribution in [2.45, 2.75) is 0 Å². The van der Waals surface area contributed by atoms with Crippen molar-refractivity contribution in [2.24, 2.45) is 5.10 Å². The van der Waals surface area contributed by atoms with Crippen molar-refractivity contribution < 1.29 is 5.43 Å². The molecule has 0 saturated carbocycles. The van der Waals surface area contributed by atoms with Crippen LogP contribution < -0.4 is 10.7 Å². The Morgan fingerprint density at radius 1 is 1.29 bits per heavy atom. The lowest BCUT2D eigenvalue weighted by Gasteiger charge is -1.92. The Morgan fingerprint density at radius 3 is 2.79 bits per heavy atom. The number of hydrogen-bond donors (Lipinski definition) is 2. The third-order valence-electron chi connectivity index (χ3n) is 2.14. The highest BCUT2D eigenvalue weighted by Gasteiger charge is 2.13. The summed E-state index contributed by atoms with van der Waals surface area (Å²) < 4.78 is 0. The molecule has 0 aromatic heterocycles. The largest absolute Gasteiger partial charge is 0.311 e. The van der Waals surface area contributed by atoms with Gasteiger partial charge in [-0.05, 0) is 7.05 Å². The molecule has 0 amide bonds. The minimum atomic E-state index is 0.875. The predicted molar refractivity (Wildman–Crippen MR) is 56.9 cm³/mol. The van der Waals surface area contributed by atoms with Gasteiger partial charge in [0.25, 0.3) is 0 Å². The average molecular weight is 188 g/mol. The van der Waals surface area contributed by atoms with E-state index in [1.807, 2.05) is 30.7 Å². The molecule has 1 heterocycles. The zero-order valence-electron chi connectivity index (χ0n) is 8.20. The standard InChI is InChI=1S/C11H13N3/c1-12-8-10-7-11(14-13-10)9-5-3-2-4-6-9/h2-7,12H,8H2,1H3,(H,13,14)/p+1. The molecule has 3 heteroatoms. The fourth-order valence-electron chi connectivity index (χ4n) is 1.47. The Labute approximate surface area is 83.5 Å². The van der Waals surface area contributed by atoms with Crippen molar-refractivity contribution in [1.82, 2.24) is 5.32 Å². The van der Waals surface area contributed by atoms with Crippen LogP contribution in [0.3, 0.4) is 0 Å². The van der Waals surface area contributed by atoms with Gasteiger partial charge in [-0.15, -0.1) is 0 Å². The Bertz CT molecular complexity index is 365. The zero-order chi connectivity index (χ0) is 9.80. The summed E-state index contributed by atoms with van der Waals surface area (Å²) in [5.74, 6) is 0. The lowest BCUT2D eigenvalue weighted by Crippen LogP contribution is -2.75. The van der Waals surface area contributed by atoms with Crippen LogP contribution in [0, 0.1) is 0 Å². The van der Waals surface area contributed by atoms with Crippen LogP contribution in [0.25, 0.3) is 0 Å². The van der Waals surface area contributed by atoms with E-state index in [1.165, 1.54) is 11.3 Å². The Balaban J connectivity index is 2.15. The molecule has 72 valence electrons. The summed E-state index contributed by atoms with van der Waals surface area (Å²) in [6, 6.07) is 10.2. The molecule has 0 saturated heterocycles. The molecule has 14 heavy (non-hydrogen) atoms. The molecule has 0 spiro atoms. The average Bonchev–Trinajstić information content (AvgIpc) is 2.68. The minimum absolute atomic E-state index is 0.875. The van der Waals surface area contributed by atoms with Gasteiger partial charge in [-0.3, -0.25) is 0 Å². The van der Waals surface area contributed by atoms with E-state index >= 15 is 0 Å². The SMILES string of the molecule is CNCC1=CC(c2ccccc2)=N[NH2+]1. The minimum Gasteiger partial charge on any atom is -0.311 e. The van der Waals surface area contributed by atoms with Crippen LogP contribution in [0.5, 0.6) is 0 Å². The van der Waals surface area contributed by atoms with E-state index in [-0.39, 0.29) is 0 Å². The monoisotopic (exact) mass is 188 g/mol. The first-order valence-corrected chi connectivity index (χ1v) is 4.72. The number of benzene rings is 1. The molecule has 0 atom stereocenters. The second-order valence-corrected chi connectivity index (χ2v) is 3.26. The number of quaternary nitrogens is 1.